The summed E-state index contributed by atoms with van der Waals surface area (Å²) in [6, 6.07) is 14.0. The second kappa shape index (κ2) is 5.69. The van der Waals surface area contributed by atoms with Crippen molar-refractivity contribution in [2.24, 2.45) is 0 Å². The van der Waals surface area contributed by atoms with Crippen molar-refractivity contribution >= 4 is 45.1 Å². The fourth-order valence-electron chi connectivity index (χ4n) is 2.75. The highest BCUT2D eigenvalue weighted by Gasteiger charge is 2.13. The third-order valence-electron chi connectivity index (χ3n) is 3.93. The quantitative estimate of drug-likeness (QED) is 0.449. The minimum absolute atomic E-state index is 0.673. The topological polar surface area (TPSA) is 86.8 Å². The molecule has 0 saturated heterocycles. The smallest absolute Gasteiger partial charge is 0.173 e. The summed E-state index contributed by atoms with van der Waals surface area (Å²) in [4.78, 5) is 14.5. The lowest BCUT2D eigenvalue weighted by Gasteiger charge is -2.11. The van der Waals surface area contributed by atoms with Crippen molar-refractivity contribution in [2.75, 3.05) is 16.2 Å². The Hall–Kier alpha value is -3.23. The highest BCUT2D eigenvalue weighted by atomic mass is 32.1. The summed E-state index contributed by atoms with van der Waals surface area (Å²) < 4.78 is 0. The Morgan fingerprint density at radius 1 is 0.960 bits per heavy atom. The molecule has 0 fully saturated rings. The molecule has 0 atom stereocenters. The number of benzene rings is 2. The molecule has 0 bridgehead atoms. The summed E-state index contributed by atoms with van der Waals surface area (Å²) >= 11 is 1.53. The first-order valence-electron chi connectivity index (χ1n) is 7.70. The van der Waals surface area contributed by atoms with E-state index in [1.807, 2.05) is 42.5 Å². The summed E-state index contributed by atoms with van der Waals surface area (Å²) in [5, 5.41) is 4.39. The van der Waals surface area contributed by atoms with E-state index in [2.05, 4.69) is 31.7 Å². The summed E-state index contributed by atoms with van der Waals surface area (Å²) in [5.74, 6) is 1.44. The van der Waals surface area contributed by atoms with E-state index in [-0.39, 0.29) is 0 Å². The van der Waals surface area contributed by atoms with Gasteiger partial charge in [-0.2, -0.15) is 0 Å². The van der Waals surface area contributed by atoms with Crippen LogP contribution in [-0.4, -0.2) is 15.0 Å². The van der Waals surface area contributed by atoms with Crippen LogP contribution in [0.15, 0.2) is 54.2 Å². The number of hydrogen-bond donors (Lipinski definition) is 4. The molecule has 0 amide bonds. The Bertz CT molecular complexity index is 1060. The molecule has 5 rings (SSSR count). The summed E-state index contributed by atoms with van der Waals surface area (Å²) in [6.07, 6.45) is 1.79. The van der Waals surface area contributed by atoms with E-state index >= 15 is 0 Å². The van der Waals surface area contributed by atoms with Gasteiger partial charge in [-0.1, -0.05) is 12.1 Å². The van der Waals surface area contributed by atoms with E-state index in [4.69, 9.17) is 4.98 Å². The Labute approximate surface area is 147 Å². The van der Waals surface area contributed by atoms with Crippen LogP contribution in [-0.2, 0) is 0 Å². The number of nitrogens with zero attached hydrogens (tertiary/aromatic N) is 3. The number of thiazole rings is 1. The molecule has 0 unspecified atom stereocenters. The van der Waals surface area contributed by atoms with Gasteiger partial charge in [0.05, 0.1) is 27.3 Å². The molecule has 4 N–H and O–H groups in total. The fourth-order valence-corrected chi connectivity index (χ4v) is 3.30. The van der Waals surface area contributed by atoms with Crippen molar-refractivity contribution in [1.82, 2.24) is 20.5 Å². The van der Waals surface area contributed by atoms with Gasteiger partial charge in [-0.25, -0.2) is 9.97 Å². The van der Waals surface area contributed by atoms with Crippen molar-refractivity contribution in [2.45, 2.75) is 0 Å². The van der Waals surface area contributed by atoms with Crippen LogP contribution in [0.4, 0.5) is 22.9 Å². The van der Waals surface area contributed by atoms with Crippen molar-refractivity contribution in [3.63, 3.8) is 0 Å². The SMILES string of the molecule is c1ccc2c(Nc3ccc4c(c3)NNN4)nc(-c3cncs3)nc2c1. The van der Waals surface area contributed by atoms with Gasteiger partial charge in [0.25, 0.3) is 0 Å². The molecule has 2 aromatic carbocycles. The number of hydrazine groups is 2. The summed E-state index contributed by atoms with van der Waals surface area (Å²) in [6.45, 7) is 0. The molecule has 7 nitrogen and oxygen atoms in total. The number of hydrogen-bond acceptors (Lipinski definition) is 8. The van der Waals surface area contributed by atoms with E-state index in [0.717, 1.165) is 38.7 Å². The van der Waals surface area contributed by atoms with Crippen molar-refractivity contribution in [3.8, 4) is 10.7 Å². The van der Waals surface area contributed by atoms with Gasteiger partial charge in [-0.05, 0) is 30.3 Å². The number of rotatable bonds is 3. The number of nitrogens with one attached hydrogen (secondary N) is 4. The second-order valence-electron chi connectivity index (χ2n) is 5.54. The highest BCUT2D eigenvalue weighted by molar-refractivity contribution is 7.13. The largest absolute Gasteiger partial charge is 0.340 e. The van der Waals surface area contributed by atoms with Crippen LogP contribution in [0.1, 0.15) is 0 Å². The van der Waals surface area contributed by atoms with Crippen molar-refractivity contribution < 1.29 is 0 Å². The van der Waals surface area contributed by atoms with Gasteiger partial charge in [0.15, 0.2) is 5.82 Å². The number of para-hydroxylation sites is 1. The molecular formula is C17H13N7S. The van der Waals surface area contributed by atoms with Gasteiger partial charge in [-0.3, -0.25) is 4.98 Å². The first-order valence-corrected chi connectivity index (χ1v) is 8.58. The molecule has 122 valence electrons. The van der Waals surface area contributed by atoms with Gasteiger partial charge in [0.1, 0.15) is 5.82 Å². The van der Waals surface area contributed by atoms with E-state index in [0.29, 0.717) is 5.82 Å². The summed E-state index contributed by atoms with van der Waals surface area (Å²) in [7, 11) is 0. The average molecular weight is 347 g/mol. The molecule has 0 radical (unpaired) electrons. The molecular weight excluding hydrogens is 334 g/mol. The molecule has 4 aromatic rings. The van der Waals surface area contributed by atoms with Crippen LogP contribution < -0.4 is 21.7 Å². The summed E-state index contributed by atoms with van der Waals surface area (Å²) in [5.41, 5.74) is 14.6. The first kappa shape index (κ1) is 14.1. The predicted molar refractivity (Wildman–Crippen MR) is 101 cm³/mol. The Kier molecular flexibility index (Phi) is 3.22. The number of anilines is 4. The zero-order valence-corrected chi connectivity index (χ0v) is 13.8. The maximum atomic E-state index is 4.73. The third kappa shape index (κ3) is 2.53. The molecule has 3 heterocycles. The maximum absolute atomic E-state index is 4.73. The van der Waals surface area contributed by atoms with E-state index in [1.54, 1.807) is 11.7 Å². The van der Waals surface area contributed by atoms with Crippen LogP contribution in [0.25, 0.3) is 21.6 Å². The van der Waals surface area contributed by atoms with Crippen molar-refractivity contribution in [1.29, 1.82) is 0 Å². The molecule has 25 heavy (non-hydrogen) atoms. The lowest BCUT2D eigenvalue weighted by atomic mass is 10.2. The molecule has 8 heteroatoms. The van der Waals surface area contributed by atoms with Crippen LogP contribution in [0.2, 0.25) is 0 Å². The normalized spacial score (nSPS) is 12.5. The lowest BCUT2D eigenvalue weighted by Crippen LogP contribution is -2.19. The van der Waals surface area contributed by atoms with Gasteiger partial charge in [-0.15, -0.1) is 16.9 Å². The maximum Gasteiger partial charge on any atom is 0.173 e. The number of fused-ring (bicyclic) bond motifs is 2. The Morgan fingerprint density at radius 2 is 1.88 bits per heavy atom. The molecule has 1 aliphatic heterocycles. The van der Waals surface area contributed by atoms with E-state index in [1.165, 1.54) is 11.3 Å². The number of aromatic nitrogens is 3. The van der Waals surface area contributed by atoms with Gasteiger partial charge in [0.2, 0.25) is 0 Å². The molecule has 1 aliphatic rings. The Morgan fingerprint density at radius 3 is 2.80 bits per heavy atom. The minimum atomic E-state index is 0.673. The zero-order valence-electron chi connectivity index (χ0n) is 12.9. The molecule has 0 saturated carbocycles. The lowest BCUT2D eigenvalue weighted by molar-refractivity contribution is 1.01. The monoisotopic (exact) mass is 347 g/mol. The van der Waals surface area contributed by atoms with Crippen molar-refractivity contribution in [3.05, 3.63) is 54.2 Å². The van der Waals surface area contributed by atoms with Gasteiger partial charge in [0, 0.05) is 17.3 Å². The molecule has 0 spiro atoms. The van der Waals surface area contributed by atoms with E-state index in [9.17, 15) is 0 Å². The highest BCUT2D eigenvalue weighted by Crippen LogP contribution is 2.32. The molecule has 0 aliphatic carbocycles. The fraction of sp³-hybridized carbons (Fsp3) is 0. The standard InChI is InChI=1S/C17H13N7S/c1-2-4-12-11(3-1)16(21-17(20-12)15-8-18-9-25-15)19-10-5-6-13-14(7-10)23-24-22-13/h1-9,22-24H,(H,19,20,21). The first-order chi connectivity index (χ1) is 12.4. The Balaban J connectivity index is 1.62. The van der Waals surface area contributed by atoms with Crippen LogP contribution in [0.5, 0.6) is 0 Å². The second-order valence-corrected chi connectivity index (χ2v) is 6.43. The third-order valence-corrected chi connectivity index (χ3v) is 4.70. The minimum Gasteiger partial charge on any atom is -0.340 e. The predicted octanol–water partition coefficient (Wildman–Crippen LogP) is 3.75. The van der Waals surface area contributed by atoms with E-state index < -0.39 is 0 Å². The van der Waals surface area contributed by atoms with Crippen LogP contribution >= 0.6 is 11.3 Å². The van der Waals surface area contributed by atoms with Gasteiger partial charge < -0.3 is 16.2 Å². The average Bonchev–Trinajstić information content (AvgIpc) is 3.33. The van der Waals surface area contributed by atoms with Gasteiger partial charge >= 0.3 is 0 Å². The zero-order chi connectivity index (χ0) is 16.6. The van der Waals surface area contributed by atoms with Crippen LogP contribution in [0.3, 0.4) is 0 Å². The molecule has 2 aromatic heterocycles. The van der Waals surface area contributed by atoms with Crippen LogP contribution in [0, 0.1) is 0 Å².